The Morgan fingerprint density at radius 2 is 2.17 bits per heavy atom. The van der Waals surface area contributed by atoms with Gasteiger partial charge in [-0.05, 0) is 37.0 Å². The number of carbonyl (C=O) groups excluding carboxylic acids is 3. The number of nitrogens with one attached hydrogen (secondary N) is 1. The summed E-state index contributed by atoms with van der Waals surface area (Å²) in [6, 6.07) is 4.96. The summed E-state index contributed by atoms with van der Waals surface area (Å²) >= 11 is 0. The van der Waals surface area contributed by atoms with Crippen molar-refractivity contribution >= 4 is 23.3 Å². The number of nitrogens with zero attached hydrogens (tertiary/aromatic N) is 1. The van der Waals surface area contributed by atoms with Gasteiger partial charge in [-0.15, -0.1) is 0 Å². The molecule has 24 heavy (non-hydrogen) atoms. The minimum atomic E-state index is -0.235. The van der Waals surface area contributed by atoms with Gasteiger partial charge in [-0.1, -0.05) is 6.92 Å². The first-order valence-electron chi connectivity index (χ1n) is 8.40. The number of fused-ring (bicyclic) bond motifs is 1. The Balaban J connectivity index is 1.58. The van der Waals surface area contributed by atoms with Crippen molar-refractivity contribution in [1.82, 2.24) is 4.90 Å². The number of Topliss-reactive ketones (excluding diaryl/α,β-unsaturated/α-hetero) is 1. The maximum absolute atomic E-state index is 12.3. The van der Waals surface area contributed by atoms with Crippen molar-refractivity contribution in [3.05, 3.63) is 23.8 Å². The highest BCUT2D eigenvalue weighted by Gasteiger charge is 2.22. The third-order valence-electron chi connectivity index (χ3n) is 4.51. The van der Waals surface area contributed by atoms with Crippen LogP contribution in [0.4, 0.5) is 5.69 Å². The summed E-state index contributed by atoms with van der Waals surface area (Å²) < 4.78 is 5.27. The Hall–Kier alpha value is -2.37. The van der Waals surface area contributed by atoms with Crippen molar-refractivity contribution in [2.45, 2.75) is 32.6 Å². The van der Waals surface area contributed by atoms with E-state index in [-0.39, 0.29) is 37.0 Å². The van der Waals surface area contributed by atoms with Crippen LogP contribution in [-0.4, -0.2) is 42.2 Å². The summed E-state index contributed by atoms with van der Waals surface area (Å²) in [5.41, 5.74) is 0.993. The lowest BCUT2D eigenvalue weighted by Crippen LogP contribution is -2.39. The van der Waals surface area contributed by atoms with Crippen molar-refractivity contribution in [1.29, 1.82) is 0 Å². The van der Waals surface area contributed by atoms with Crippen molar-refractivity contribution in [2.24, 2.45) is 5.92 Å². The Bertz CT molecular complexity index is 671. The molecule has 0 aromatic heterocycles. The van der Waals surface area contributed by atoms with Gasteiger partial charge in [0, 0.05) is 31.5 Å². The highest BCUT2D eigenvalue weighted by atomic mass is 16.5. The molecular weight excluding hydrogens is 308 g/mol. The van der Waals surface area contributed by atoms with Crippen molar-refractivity contribution < 1.29 is 19.1 Å². The summed E-state index contributed by atoms with van der Waals surface area (Å²) in [6.45, 7) is 3.71. The van der Waals surface area contributed by atoms with Crippen LogP contribution in [0.15, 0.2) is 18.2 Å². The Labute approximate surface area is 141 Å². The minimum absolute atomic E-state index is 0.0109. The summed E-state index contributed by atoms with van der Waals surface area (Å²) in [5.74, 6) is 0.800. The zero-order chi connectivity index (χ0) is 17.1. The molecular formula is C18H22N2O4. The Morgan fingerprint density at radius 1 is 1.33 bits per heavy atom. The molecule has 0 aliphatic carbocycles. The van der Waals surface area contributed by atoms with Crippen LogP contribution < -0.4 is 10.1 Å². The van der Waals surface area contributed by atoms with Gasteiger partial charge in [0.2, 0.25) is 5.91 Å². The van der Waals surface area contributed by atoms with Crippen LogP contribution in [0.5, 0.6) is 5.75 Å². The minimum Gasteiger partial charge on any atom is -0.482 e. The quantitative estimate of drug-likeness (QED) is 0.859. The number of rotatable bonds is 4. The van der Waals surface area contributed by atoms with Gasteiger partial charge in [0.15, 0.2) is 12.4 Å². The van der Waals surface area contributed by atoms with E-state index in [4.69, 9.17) is 4.74 Å². The van der Waals surface area contributed by atoms with E-state index in [0.29, 0.717) is 22.9 Å². The lowest BCUT2D eigenvalue weighted by Gasteiger charge is -2.31. The van der Waals surface area contributed by atoms with E-state index >= 15 is 0 Å². The summed E-state index contributed by atoms with van der Waals surface area (Å²) in [4.78, 5) is 37.8. The highest BCUT2D eigenvalue weighted by Crippen LogP contribution is 2.29. The second-order valence-corrected chi connectivity index (χ2v) is 6.56. The van der Waals surface area contributed by atoms with Crippen LogP contribution in [0.1, 0.15) is 43.0 Å². The molecule has 1 saturated heterocycles. The molecule has 1 fully saturated rings. The van der Waals surface area contributed by atoms with Crippen LogP contribution in [0.25, 0.3) is 0 Å². The van der Waals surface area contributed by atoms with Crippen LogP contribution in [0, 0.1) is 5.92 Å². The van der Waals surface area contributed by atoms with Crippen LogP contribution >= 0.6 is 0 Å². The van der Waals surface area contributed by atoms with E-state index in [0.717, 1.165) is 25.9 Å². The molecule has 1 atom stereocenters. The lowest BCUT2D eigenvalue weighted by molar-refractivity contribution is -0.132. The number of hydrogen-bond acceptors (Lipinski definition) is 4. The number of piperidine rings is 1. The second-order valence-electron chi connectivity index (χ2n) is 6.56. The first-order valence-corrected chi connectivity index (χ1v) is 8.40. The number of likely N-dealkylation sites (tertiary alicyclic amines) is 1. The largest absolute Gasteiger partial charge is 0.482 e. The predicted octanol–water partition coefficient (Wildman–Crippen LogP) is 2.24. The van der Waals surface area contributed by atoms with Gasteiger partial charge in [0.1, 0.15) is 5.75 Å². The molecule has 0 spiro atoms. The number of benzene rings is 1. The standard InChI is InChI=1S/C18H22N2O4/c1-12-3-2-8-20(10-12)18(23)7-5-15(21)13-4-6-16-14(9-13)19-17(22)11-24-16/h4,6,9,12H,2-3,5,7-8,10-11H2,1H3,(H,19,22). The van der Waals surface area contributed by atoms with Crippen molar-refractivity contribution in [2.75, 3.05) is 25.0 Å². The van der Waals surface area contributed by atoms with Gasteiger partial charge in [-0.2, -0.15) is 0 Å². The van der Waals surface area contributed by atoms with Gasteiger partial charge < -0.3 is 15.0 Å². The molecule has 0 radical (unpaired) electrons. The topological polar surface area (TPSA) is 75.7 Å². The Kier molecular flexibility index (Phi) is 4.83. The number of ketones is 1. The molecule has 2 heterocycles. The van der Waals surface area contributed by atoms with Crippen LogP contribution in [-0.2, 0) is 9.59 Å². The molecule has 1 N–H and O–H groups in total. The highest BCUT2D eigenvalue weighted by molar-refractivity contribution is 6.01. The predicted molar refractivity (Wildman–Crippen MR) is 89.1 cm³/mol. The summed E-state index contributed by atoms with van der Waals surface area (Å²) in [6.07, 6.45) is 2.60. The molecule has 1 aromatic rings. The smallest absolute Gasteiger partial charge is 0.262 e. The zero-order valence-electron chi connectivity index (χ0n) is 13.8. The second kappa shape index (κ2) is 7.03. The van der Waals surface area contributed by atoms with Gasteiger partial charge in [0.25, 0.3) is 5.91 Å². The fourth-order valence-electron chi connectivity index (χ4n) is 3.20. The van der Waals surface area contributed by atoms with Gasteiger partial charge in [-0.3, -0.25) is 14.4 Å². The fourth-order valence-corrected chi connectivity index (χ4v) is 3.20. The van der Waals surface area contributed by atoms with E-state index < -0.39 is 0 Å². The molecule has 3 rings (SSSR count). The van der Waals surface area contributed by atoms with E-state index in [9.17, 15) is 14.4 Å². The van der Waals surface area contributed by atoms with Gasteiger partial charge in [0.05, 0.1) is 5.69 Å². The molecule has 6 nitrogen and oxygen atoms in total. The van der Waals surface area contributed by atoms with Crippen LogP contribution in [0.2, 0.25) is 0 Å². The number of carbonyl (C=O) groups is 3. The number of ether oxygens (including phenoxy) is 1. The lowest BCUT2D eigenvalue weighted by atomic mass is 9.99. The van der Waals surface area contributed by atoms with Crippen LogP contribution in [0.3, 0.4) is 0 Å². The SMILES string of the molecule is CC1CCCN(C(=O)CCC(=O)c2ccc3c(c2)NC(=O)CO3)C1. The van der Waals surface area contributed by atoms with Gasteiger partial charge >= 0.3 is 0 Å². The number of hydrogen-bond donors (Lipinski definition) is 1. The average Bonchev–Trinajstić information content (AvgIpc) is 2.58. The number of anilines is 1. The van der Waals surface area contributed by atoms with E-state index in [2.05, 4.69) is 12.2 Å². The van der Waals surface area contributed by atoms with Gasteiger partial charge in [-0.25, -0.2) is 0 Å². The molecule has 2 aliphatic rings. The molecule has 0 bridgehead atoms. The normalized spacial score (nSPS) is 20.0. The number of amides is 2. The Morgan fingerprint density at radius 3 is 2.96 bits per heavy atom. The average molecular weight is 330 g/mol. The van der Waals surface area contributed by atoms with E-state index in [1.165, 1.54) is 0 Å². The zero-order valence-corrected chi connectivity index (χ0v) is 13.8. The maximum atomic E-state index is 12.3. The molecule has 1 unspecified atom stereocenters. The van der Waals surface area contributed by atoms with Crippen molar-refractivity contribution in [3.8, 4) is 5.75 Å². The third kappa shape index (κ3) is 3.75. The fraction of sp³-hybridized carbons (Fsp3) is 0.500. The summed E-state index contributed by atoms with van der Waals surface area (Å²) in [7, 11) is 0. The third-order valence-corrected chi connectivity index (χ3v) is 4.51. The monoisotopic (exact) mass is 330 g/mol. The van der Waals surface area contributed by atoms with E-state index in [1.807, 2.05) is 4.90 Å². The first kappa shape index (κ1) is 16.5. The molecule has 2 aliphatic heterocycles. The molecule has 128 valence electrons. The summed E-state index contributed by atoms with van der Waals surface area (Å²) in [5, 5.41) is 2.69. The molecule has 0 saturated carbocycles. The van der Waals surface area contributed by atoms with E-state index in [1.54, 1.807) is 18.2 Å². The van der Waals surface area contributed by atoms with Crippen molar-refractivity contribution in [3.63, 3.8) is 0 Å². The molecule has 6 heteroatoms. The molecule has 1 aromatic carbocycles. The maximum Gasteiger partial charge on any atom is 0.262 e. The molecule has 2 amide bonds. The first-order chi connectivity index (χ1) is 11.5.